The van der Waals surface area contributed by atoms with Gasteiger partial charge in [-0.2, -0.15) is 0 Å². The van der Waals surface area contributed by atoms with E-state index in [0.717, 1.165) is 19.3 Å². The van der Waals surface area contributed by atoms with Crippen molar-refractivity contribution in [2.45, 2.75) is 51.7 Å². The number of likely N-dealkylation sites (tertiary alicyclic amines) is 1. The fourth-order valence-corrected chi connectivity index (χ4v) is 4.21. The van der Waals surface area contributed by atoms with Crippen LogP contribution in [0.1, 0.15) is 33.1 Å². The second-order valence-electron chi connectivity index (χ2n) is 7.53. The molecule has 0 spiro atoms. The lowest BCUT2D eigenvalue weighted by Gasteiger charge is -2.39. The molecule has 1 aliphatic rings. The molecule has 1 fully saturated rings. The summed E-state index contributed by atoms with van der Waals surface area (Å²) in [6.45, 7) is 4.01. The highest BCUT2D eigenvalue weighted by atomic mass is 16.5. The van der Waals surface area contributed by atoms with Gasteiger partial charge in [0.1, 0.15) is 12.9 Å². The van der Waals surface area contributed by atoms with E-state index < -0.39 is 5.69 Å². The predicted octanol–water partition coefficient (Wildman–Crippen LogP) is 1.85. The highest BCUT2D eigenvalue weighted by Crippen LogP contribution is 2.32. The largest absolute Gasteiger partial charge is 0.493 e. The fourth-order valence-electron chi connectivity index (χ4n) is 4.21. The minimum atomic E-state index is -0.394. The summed E-state index contributed by atoms with van der Waals surface area (Å²) in [6, 6.07) is 3.81. The normalized spacial score (nSPS) is 19.7. The number of rotatable bonds is 4. The lowest BCUT2D eigenvalue weighted by Crippen LogP contribution is -2.49. The lowest BCUT2D eigenvalue weighted by molar-refractivity contribution is -0.138. The number of hydrogen-bond donors (Lipinski definition) is 0. The first kappa shape index (κ1) is 19.2. The maximum absolute atomic E-state index is 12.9. The van der Waals surface area contributed by atoms with Crippen molar-refractivity contribution in [3.05, 3.63) is 28.9 Å². The number of hydrogen-bond acceptors (Lipinski definition) is 6. The van der Waals surface area contributed by atoms with Crippen LogP contribution in [0.3, 0.4) is 0 Å². The Hall–Kier alpha value is -3.10. The number of amides is 1. The van der Waals surface area contributed by atoms with Gasteiger partial charge in [0.2, 0.25) is 5.91 Å². The molecule has 0 bridgehead atoms. The number of carbonyl (C=O) groups is 1. The van der Waals surface area contributed by atoms with Crippen LogP contribution in [0.25, 0.3) is 16.6 Å². The molecule has 3 aromatic rings. The molecule has 1 aliphatic heterocycles. The number of ether oxygens (including phenoxy) is 2. The molecule has 1 amide bonds. The average Bonchev–Trinajstić information content (AvgIpc) is 3.02. The fraction of sp³-hybridized carbons (Fsp3) is 0.500. The van der Waals surface area contributed by atoms with Crippen molar-refractivity contribution < 1.29 is 14.3 Å². The molecule has 2 aromatic heterocycles. The van der Waals surface area contributed by atoms with Crippen LogP contribution in [-0.2, 0) is 11.3 Å². The SMILES string of the molecule is COc1cc2ncn3c(=O)n(CC(=O)N4[C@@H](C)CCC[C@@H]4C)nc3c2cc1OC. The average molecular weight is 399 g/mol. The monoisotopic (exact) mass is 399 g/mol. The van der Waals surface area contributed by atoms with Crippen LogP contribution < -0.4 is 15.2 Å². The molecule has 4 rings (SSSR count). The Kier molecular flexibility index (Phi) is 4.89. The molecule has 1 saturated heterocycles. The Labute approximate surface area is 167 Å². The summed E-state index contributed by atoms with van der Waals surface area (Å²) in [7, 11) is 3.09. The molecule has 0 saturated carbocycles. The number of carbonyl (C=O) groups excluding carboxylic acids is 1. The van der Waals surface area contributed by atoms with E-state index in [1.54, 1.807) is 26.4 Å². The van der Waals surface area contributed by atoms with Crippen LogP contribution in [0, 0.1) is 0 Å². The molecule has 29 heavy (non-hydrogen) atoms. The van der Waals surface area contributed by atoms with Crippen LogP contribution in [0.2, 0.25) is 0 Å². The van der Waals surface area contributed by atoms with Gasteiger partial charge in [0, 0.05) is 23.5 Å². The van der Waals surface area contributed by atoms with Gasteiger partial charge in [0.05, 0.1) is 19.7 Å². The minimum absolute atomic E-state index is 0.0910. The Balaban J connectivity index is 1.76. The highest BCUT2D eigenvalue weighted by Gasteiger charge is 2.29. The van der Waals surface area contributed by atoms with Gasteiger partial charge in [-0.3, -0.25) is 4.79 Å². The number of piperidine rings is 1. The topological polar surface area (TPSA) is 91.0 Å². The van der Waals surface area contributed by atoms with Crippen LogP contribution >= 0.6 is 0 Å². The smallest absolute Gasteiger partial charge is 0.352 e. The summed E-state index contributed by atoms with van der Waals surface area (Å²) >= 11 is 0. The summed E-state index contributed by atoms with van der Waals surface area (Å²) in [5.41, 5.74) is 0.653. The molecule has 9 heteroatoms. The van der Waals surface area contributed by atoms with Gasteiger partial charge in [-0.1, -0.05) is 0 Å². The van der Waals surface area contributed by atoms with E-state index >= 15 is 0 Å². The number of methoxy groups -OCH3 is 2. The van der Waals surface area contributed by atoms with Gasteiger partial charge < -0.3 is 14.4 Å². The van der Waals surface area contributed by atoms with Crippen molar-refractivity contribution in [2.24, 2.45) is 0 Å². The van der Waals surface area contributed by atoms with Gasteiger partial charge in [-0.25, -0.2) is 18.9 Å². The molecule has 0 aliphatic carbocycles. The van der Waals surface area contributed by atoms with Crippen LogP contribution in [0.4, 0.5) is 0 Å². The molecule has 0 N–H and O–H groups in total. The standard InChI is InChI=1S/C20H25N5O4/c1-12-6-5-7-13(2)25(12)18(26)10-24-20(27)23-11-21-15-9-17(29-4)16(28-3)8-14(15)19(23)22-24/h8-9,11-13H,5-7,10H2,1-4H3/t12-,13-/m0/s1. The van der Waals surface area contributed by atoms with Gasteiger partial charge >= 0.3 is 5.69 Å². The van der Waals surface area contributed by atoms with Gasteiger partial charge in [-0.05, 0) is 39.2 Å². The molecule has 0 unspecified atom stereocenters. The maximum atomic E-state index is 12.9. The van der Waals surface area contributed by atoms with E-state index in [-0.39, 0.29) is 24.5 Å². The minimum Gasteiger partial charge on any atom is -0.493 e. The van der Waals surface area contributed by atoms with Crippen LogP contribution in [0.5, 0.6) is 11.5 Å². The van der Waals surface area contributed by atoms with E-state index in [4.69, 9.17) is 9.47 Å². The Bertz CT molecular complexity index is 1130. The number of aromatic nitrogens is 4. The van der Waals surface area contributed by atoms with Gasteiger partial charge in [-0.15, -0.1) is 5.10 Å². The van der Waals surface area contributed by atoms with Gasteiger partial charge in [0.25, 0.3) is 0 Å². The molecule has 1 aromatic carbocycles. The van der Waals surface area contributed by atoms with E-state index in [0.29, 0.717) is 28.0 Å². The van der Waals surface area contributed by atoms with Crippen molar-refractivity contribution >= 4 is 22.5 Å². The van der Waals surface area contributed by atoms with E-state index in [1.807, 2.05) is 4.90 Å². The third-order valence-corrected chi connectivity index (χ3v) is 5.69. The highest BCUT2D eigenvalue weighted by molar-refractivity contribution is 5.93. The van der Waals surface area contributed by atoms with Crippen molar-refractivity contribution in [3.63, 3.8) is 0 Å². The lowest BCUT2D eigenvalue weighted by atomic mass is 9.97. The third-order valence-electron chi connectivity index (χ3n) is 5.69. The maximum Gasteiger partial charge on any atom is 0.352 e. The van der Waals surface area contributed by atoms with E-state index in [2.05, 4.69) is 23.9 Å². The van der Waals surface area contributed by atoms with Crippen molar-refractivity contribution in [1.29, 1.82) is 0 Å². The van der Waals surface area contributed by atoms with Crippen LogP contribution in [0.15, 0.2) is 23.3 Å². The van der Waals surface area contributed by atoms with E-state index in [9.17, 15) is 9.59 Å². The summed E-state index contributed by atoms with van der Waals surface area (Å²) in [4.78, 5) is 32.0. The van der Waals surface area contributed by atoms with Crippen molar-refractivity contribution in [2.75, 3.05) is 14.2 Å². The summed E-state index contributed by atoms with van der Waals surface area (Å²) in [6.07, 6.45) is 4.49. The first-order valence-electron chi connectivity index (χ1n) is 9.75. The molecule has 9 nitrogen and oxygen atoms in total. The quantitative estimate of drug-likeness (QED) is 0.665. The van der Waals surface area contributed by atoms with Crippen molar-refractivity contribution in [3.8, 4) is 11.5 Å². The van der Waals surface area contributed by atoms with E-state index in [1.165, 1.54) is 15.4 Å². The zero-order valence-electron chi connectivity index (χ0n) is 17.1. The first-order chi connectivity index (χ1) is 13.9. The summed E-state index contributed by atoms with van der Waals surface area (Å²) < 4.78 is 13.2. The third kappa shape index (κ3) is 3.20. The first-order valence-corrected chi connectivity index (χ1v) is 9.75. The Morgan fingerprint density at radius 3 is 2.45 bits per heavy atom. The van der Waals surface area contributed by atoms with Crippen LogP contribution in [-0.4, -0.2) is 56.3 Å². The number of nitrogens with zero attached hydrogens (tertiary/aromatic N) is 5. The second kappa shape index (κ2) is 7.38. The predicted molar refractivity (Wildman–Crippen MR) is 107 cm³/mol. The molecular weight excluding hydrogens is 374 g/mol. The van der Waals surface area contributed by atoms with Crippen molar-refractivity contribution in [1.82, 2.24) is 24.1 Å². The zero-order valence-corrected chi connectivity index (χ0v) is 17.1. The second-order valence-corrected chi connectivity index (χ2v) is 7.53. The zero-order chi connectivity index (χ0) is 20.7. The van der Waals surface area contributed by atoms with Gasteiger partial charge in [0.15, 0.2) is 17.1 Å². The molecule has 0 radical (unpaired) electrons. The Morgan fingerprint density at radius 1 is 1.14 bits per heavy atom. The summed E-state index contributed by atoms with van der Waals surface area (Å²) in [5, 5.41) is 5.09. The molecule has 2 atom stereocenters. The molecule has 154 valence electrons. The molecule has 3 heterocycles. The molecular formula is C20H25N5O4. The number of benzene rings is 1. The number of fused-ring (bicyclic) bond motifs is 3. The Morgan fingerprint density at radius 2 is 1.79 bits per heavy atom. The summed E-state index contributed by atoms with van der Waals surface area (Å²) in [5.74, 6) is 0.970.